The van der Waals surface area contributed by atoms with E-state index in [0.29, 0.717) is 6.42 Å². The number of hydrogen-bond donors (Lipinski definition) is 0. The fourth-order valence-corrected chi connectivity index (χ4v) is 1.78. The molecule has 0 fully saturated rings. The highest BCUT2D eigenvalue weighted by molar-refractivity contribution is 7.11. The fourth-order valence-electron chi connectivity index (χ4n) is 0.829. The molecule has 11 heavy (non-hydrogen) atoms. The maximum atomic E-state index is 10.0. The molecule has 0 aromatic carbocycles. The molecule has 2 nitrogen and oxygen atoms in total. The van der Waals surface area contributed by atoms with Crippen molar-refractivity contribution in [1.82, 2.24) is 4.98 Å². The van der Waals surface area contributed by atoms with Crippen molar-refractivity contribution in [2.75, 3.05) is 0 Å². The smallest absolute Gasteiger partial charge is 0.120 e. The third-order valence-corrected chi connectivity index (χ3v) is 2.68. The van der Waals surface area contributed by atoms with E-state index in [2.05, 4.69) is 11.9 Å². The summed E-state index contributed by atoms with van der Waals surface area (Å²) in [5.74, 6) is 0. The molecular weight excluding hydrogens is 158 g/mol. The van der Waals surface area contributed by atoms with E-state index in [0.717, 1.165) is 23.4 Å². The van der Waals surface area contributed by atoms with Crippen LogP contribution in [-0.2, 0) is 11.2 Å². The Morgan fingerprint density at radius 3 is 2.73 bits per heavy atom. The average molecular weight is 169 g/mol. The summed E-state index contributed by atoms with van der Waals surface area (Å²) in [5, 5.41) is 1.08. The van der Waals surface area contributed by atoms with Crippen LogP contribution in [0.3, 0.4) is 0 Å². The highest BCUT2D eigenvalue weighted by Crippen LogP contribution is 2.17. The van der Waals surface area contributed by atoms with Crippen LogP contribution >= 0.6 is 11.3 Å². The SMILES string of the molecule is Cc1nc(CCC=O)sc1C. The monoisotopic (exact) mass is 169 g/mol. The van der Waals surface area contributed by atoms with Crippen LogP contribution in [0.25, 0.3) is 0 Å². The van der Waals surface area contributed by atoms with E-state index in [1.807, 2.05) is 6.92 Å². The van der Waals surface area contributed by atoms with Crippen LogP contribution in [0.4, 0.5) is 0 Å². The van der Waals surface area contributed by atoms with Gasteiger partial charge in [0.2, 0.25) is 0 Å². The van der Waals surface area contributed by atoms with Crippen LogP contribution in [0.15, 0.2) is 0 Å². The molecule has 1 aromatic rings. The summed E-state index contributed by atoms with van der Waals surface area (Å²) >= 11 is 1.68. The highest BCUT2D eigenvalue weighted by Gasteiger charge is 2.01. The molecule has 60 valence electrons. The van der Waals surface area contributed by atoms with E-state index in [1.165, 1.54) is 4.88 Å². The van der Waals surface area contributed by atoms with Crippen molar-refractivity contribution in [3.8, 4) is 0 Å². The first kappa shape index (κ1) is 8.40. The van der Waals surface area contributed by atoms with Gasteiger partial charge in [0.05, 0.1) is 10.7 Å². The molecule has 0 amide bonds. The van der Waals surface area contributed by atoms with E-state index in [-0.39, 0.29) is 0 Å². The van der Waals surface area contributed by atoms with Gasteiger partial charge in [-0.3, -0.25) is 0 Å². The molecule has 1 rings (SSSR count). The van der Waals surface area contributed by atoms with Gasteiger partial charge in [0.1, 0.15) is 6.29 Å². The second-order valence-corrected chi connectivity index (χ2v) is 3.74. The van der Waals surface area contributed by atoms with Gasteiger partial charge < -0.3 is 4.79 Å². The minimum Gasteiger partial charge on any atom is -0.303 e. The molecule has 0 aliphatic rings. The Morgan fingerprint density at radius 2 is 2.27 bits per heavy atom. The lowest BCUT2D eigenvalue weighted by molar-refractivity contribution is -0.107. The van der Waals surface area contributed by atoms with E-state index >= 15 is 0 Å². The number of aryl methyl sites for hydroxylation is 3. The first-order chi connectivity index (χ1) is 5.24. The fraction of sp³-hybridized carbons (Fsp3) is 0.500. The molecule has 0 unspecified atom stereocenters. The maximum Gasteiger partial charge on any atom is 0.120 e. The van der Waals surface area contributed by atoms with Crippen LogP contribution in [0.5, 0.6) is 0 Å². The molecule has 1 heterocycles. The normalized spacial score (nSPS) is 10.0. The number of aldehydes is 1. The largest absolute Gasteiger partial charge is 0.303 e. The lowest BCUT2D eigenvalue weighted by Crippen LogP contribution is -1.84. The number of hydrogen-bond acceptors (Lipinski definition) is 3. The third kappa shape index (κ3) is 2.12. The number of carbonyl (C=O) groups is 1. The van der Waals surface area contributed by atoms with Gasteiger partial charge in [-0.2, -0.15) is 0 Å². The predicted octanol–water partition coefficient (Wildman–Crippen LogP) is 1.89. The summed E-state index contributed by atoms with van der Waals surface area (Å²) in [7, 11) is 0. The lowest BCUT2D eigenvalue weighted by atomic mass is 10.3. The van der Waals surface area contributed by atoms with Crippen molar-refractivity contribution in [2.45, 2.75) is 26.7 Å². The summed E-state index contributed by atoms with van der Waals surface area (Å²) in [4.78, 5) is 15.6. The first-order valence-electron chi connectivity index (χ1n) is 3.60. The van der Waals surface area contributed by atoms with Gasteiger partial charge in [0, 0.05) is 17.7 Å². The van der Waals surface area contributed by atoms with Crippen LogP contribution < -0.4 is 0 Å². The van der Waals surface area contributed by atoms with Crippen molar-refractivity contribution in [3.63, 3.8) is 0 Å². The van der Waals surface area contributed by atoms with Crippen LogP contribution in [0, 0.1) is 13.8 Å². The lowest BCUT2D eigenvalue weighted by Gasteiger charge is -1.85. The summed E-state index contributed by atoms with van der Waals surface area (Å²) in [6.07, 6.45) is 2.32. The minimum atomic E-state index is 0.590. The number of nitrogens with zero attached hydrogens (tertiary/aromatic N) is 1. The Balaban J connectivity index is 2.64. The Kier molecular flexibility index (Phi) is 2.76. The second-order valence-electron chi connectivity index (χ2n) is 2.45. The van der Waals surface area contributed by atoms with E-state index in [9.17, 15) is 4.79 Å². The summed E-state index contributed by atoms with van der Waals surface area (Å²) in [6, 6.07) is 0. The number of thiazole rings is 1. The average Bonchev–Trinajstić information content (AvgIpc) is 2.28. The predicted molar refractivity (Wildman–Crippen MR) is 46.0 cm³/mol. The highest BCUT2D eigenvalue weighted by atomic mass is 32.1. The Hall–Kier alpha value is -0.700. The Labute approximate surface area is 70.3 Å². The quantitative estimate of drug-likeness (QED) is 0.647. The summed E-state index contributed by atoms with van der Waals surface area (Å²) in [6.45, 7) is 4.05. The van der Waals surface area contributed by atoms with Crippen LogP contribution in [0.1, 0.15) is 22.0 Å². The molecule has 0 spiro atoms. The van der Waals surface area contributed by atoms with Crippen LogP contribution in [0.2, 0.25) is 0 Å². The number of carbonyl (C=O) groups excluding carboxylic acids is 1. The zero-order valence-corrected chi connectivity index (χ0v) is 7.57. The Bertz CT molecular complexity index is 235. The molecule has 0 radical (unpaired) electrons. The van der Waals surface area contributed by atoms with E-state index in [1.54, 1.807) is 11.3 Å². The molecule has 0 bridgehead atoms. The van der Waals surface area contributed by atoms with Gasteiger partial charge >= 0.3 is 0 Å². The Morgan fingerprint density at radius 1 is 1.55 bits per heavy atom. The van der Waals surface area contributed by atoms with Crippen molar-refractivity contribution in [1.29, 1.82) is 0 Å². The molecule has 0 saturated heterocycles. The van der Waals surface area contributed by atoms with Gasteiger partial charge in [-0.15, -0.1) is 11.3 Å². The minimum absolute atomic E-state index is 0.590. The first-order valence-corrected chi connectivity index (χ1v) is 4.42. The van der Waals surface area contributed by atoms with Gasteiger partial charge in [0.25, 0.3) is 0 Å². The molecule has 0 N–H and O–H groups in total. The second kappa shape index (κ2) is 3.62. The van der Waals surface area contributed by atoms with Crippen molar-refractivity contribution < 1.29 is 4.79 Å². The van der Waals surface area contributed by atoms with Gasteiger partial charge in [-0.1, -0.05) is 0 Å². The van der Waals surface area contributed by atoms with E-state index < -0.39 is 0 Å². The molecule has 0 aliphatic carbocycles. The standard InChI is InChI=1S/C8H11NOS/c1-6-7(2)11-8(9-6)4-3-5-10/h5H,3-4H2,1-2H3. The van der Waals surface area contributed by atoms with Crippen molar-refractivity contribution >= 4 is 17.6 Å². The maximum absolute atomic E-state index is 10.0. The van der Waals surface area contributed by atoms with Gasteiger partial charge in [-0.25, -0.2) is 4.98 Å². The van der Waals surface area contributed by atoms with Crippen LogP contribution in [-0.4, -0.2) is 11.3 Å². The zero-order chi connectivity index (χ0) is 8.27. The van der Waals surface area contributed by atoms with Gasteiger partial charge in [-0.05, 0) is 13.8 Å². The molecule has 0 atom stereocenters. The summed E-state index contributed by atoms with van der Waals surface area (Å²) < 4.78 is 0. The third-order valence-electron chi connectivity index (χ3n) is 1.55. The zero-order valence-electron chi connectivity index (χ0n) is 6.76. The molecular formula is C8H11NOS. The topological polar surface area (TPSA) is 30.0 Å². The van der Waals surface area contributed by atoms with Crippen molar-refractivity contribution in [3.05, 3.63) is 15.6 Å². The van der Waals surface area contributed by atoms with E-state index in [4.69, 9.17) is 0 Å². The molecule has 1 aromatic heterocycles. The number of aromatic nitrogens is 1. The number of rotatable bonds is 3. The van der Waals surface area contributed by atoms with Gasteiger partial charge in [0.15, 0.2) is 0 Å². The molecule has 3 heteroatoms. The van der Waals surface area contributed by atoms with Crippen molar-refractivity contribution in [2.24, 2.45) is 0 Å². The molecule has 0 saturated carbocycles. The molecule has 0 aliphatic heterocycles. The summed E-state index contributed by atoms with van der Waals surface area (Å²) in [5.41, 5.74) is 1.09.